The number of carboxylic acids is 1. The second-order valence-electron chi connectivity index (χ2n) is 7.27. The van der Waals surface area contributed by atoms with Crippen molar-refractivity contribution in [2.75, 3.05) is 19.6 Å². The predicted octanol–water partition coefficient (Wildman–Crippen LogP) is 2.75. The standard InChI is InChI=1S/C15H26N2O.C2HF3O2/c1-7-10-17(13(2)18)15(6)8-11-16(12-9-15)14(3,4)5;3-2(4,5)1(6)7/h1H,8-12H2,2-6H3;(H,6,7). The molecule has 144 valence electrons. The quantitative estimate of drug-likeness (QED) is 0.766. The minimum absolute atomic E-state index is 0.0830. The van der Waals surface area contributed by atoms with Gasteiger partial charge in [-0.25, -0.2) is 4.79 Å². The van der Waals surface area contributed by atoms with Crippen molar-refractivity contribution in [2.45, 2.75) is 64.7 Å². The number of aliphatic carboxylic acids is 1. The van der Waals surface area contributed by atoms with Crippen molar-refractivity contribution in [3.05, 3.63) is 0 Å². The average molecular weight is 364 g/mol. The molecule has 8 heteroatoms. The maximum absolute atomic E-state index is 11.7. The molecule has 0 bridgehead atoms. The zero-order chi connectivity index (χ0) is 20.1. The Balaban J connectivity index is 0.000000697. The molecule has 1 aliphatic heterocycles. The number of carboxylic acid groups (broad SMARTS) is 1. The molecule has 0 unspecified atom stereocenters. The maximum atomic E-state index is 11.7. The Labute approximate surface area is 147 Å². The van der Waals surface area contributed by atoms with E-state index < -0.39 is 12.1 Å². The second-order valence-corrected chi connectivity index (χ2v) is 7.27. The lowest BCUT2D eigenvalue weighted by Gasteiger charge is -2.49. The highest BCUT2D eigenvalue weighted by atomic mass is 19.4. The first kappa shape index (κ1) is 23.2. The third-order valence-corrected chi connectivity index (χ3v) is 4.31. The highest BCUT2D eigenvalue weighted by molar-refractivity contribution is 5.74. The monoisotopic (exact) mass is 364 g/mol. The molecule has 1 saturated heterocycles. The Morgan fingerprint density at radius 3 is 1.88 bits per heavy atom. The summed E-state index contributed by atoms with van der Waals surface area (Å²) in [5.41, 5.74) is 0.119. The molecule has 0 aromatic rings. The van der Waals surface area contributed by atoms with Crippen LogP contribution in [0.2, 0.25) is 0 Å². The van der Waals surface area contributed by atoms with Crippen molar-refractivity contribution in [1.82, 2.24) is 9.80 Å². The summed E-state index contributed by atoms with van der Waals surface area (Å²) in [7, 11) is 0. The van der Waals surface area contributed by atoms with Crippen LogP contribution in [0.5, 0.6) is 0 Å². The summed E-state index contributed by atoms with van der Waals surface area (Å²) in [4.78, 5) is 25.0. The lowest BCUT2D eigenvalue weighted by atomic mass is 9.85. The first-order chi connectivity index (χ1) is 11.1. The van der Waals surface area contributed by atoms with Gasteiger partial charge in [0.2, 0.25) is 5.91 Å². The number of rotatable bonds is 2. The van der Waals surface area contributed by atoms with Crippen LogP contribution in [0.25, 0.3) is 0 Å². The summed E-state index contributed by atoms with van der Waals surface area (Å²) in [6, 6.07) is 0. The van der Waals surface area contributed by atoms with Crippen LogP contribution in [0.3, 0.4) is 0 Å². The summed E-state index contributed by atoms with van der Waals surface area (Å²) in [6.45, 7) is 12.9. The number of nitrogens with zero attached hydrogens (tertiary/aromatic N) is 2. The molecule has 1 aliphatic rings. The smallest absolute Gasteiger partial charge is 0.475 e. The lowest BCUT2D eigenvalue weighted by molar-refractivity contribution is -0.192. The summed E-state index contributed by atoms with van der Waals surface area (Å²) < 4.78 is 31.7. The fraction of sp³-hybridized carbons (Fsp3) is 0.765. The molecule has 1 amide bonds. The number of carbonyl (C=O) groups excluding carboxylic acids is 1. The van der Waals surface area contributed by atoms with E-state index in [1.54, 1.807) is 6.92 Å². The first-order valence-electron chi connectivity index (χ1n) is 7.92. The van der Waals surface area contributed by atoms with Gasteiger partial charge in [0.15, 0.2) is 0 Å². The fourth-order valence-corrected chi connectivity index (χ4v) is 2.70. The molecule has 1 N–H and O–H groups in total. The molecule has 0 aromatic heterocycles. The van der Waals surface area contributed by atoms with Crippen molar-refractivity contribution in [3.63, 3.8) is 0 Å². The molecule has 0 aliphatic carbocycles. The Morgan fingerprint density at radius 2 is 1.64 bits per heavy atom. The van der Waals surface area contributed by atoms with Crippen LogP contribution in [-0.2, 0) is 9.59 Å². The summed E-state index contributed by atoms with van der Waals surface area (Å²) in [5.74, 6) is -0.0694. The highest BCUT2D eigenvalue weighted by Crippen LogP contribution is 2.31. The Kier molecular flexibility index (Phi) is 7.97. The van der Waals surface area contributed by atoms with Gasteiger partial charge in [-0.05, 0) is 40.5 Å². The van der Waals surface area contributed by atoms with Gasteiger partial charge in [0, 0.05) is 31.1 Å². The molecule has 0 atom stereocenters. The minimum Gasteiger partial charge on any atom is -0.475 e. The normalized spacial score (nSPS) is 17.7. The fourth-order valence-electron chi connectivity index (χ4n) is 2.70. The molecule has 25 heavy (non-hydrogen) atoms. The van der Waals surface area contributed by atoms with Crippen LogP contribution >= 0.6 is 0 Å². The summed E-state index contributed by atoms with van der Waals surface area (Å²) in [5, 5.41) is 7.12. The van der Waals surface area contributed by atoms with Gasteiger partial charge in [-0.3, -0.25) is 9.69 Å². The summed E-state index contributed by atoms with van der Waals surface area (Å²) >= 11 is 0. The number of likely N-dealkylation sites (tertiary alicyclic amines) is 1. The van der Waals surface area contributed by atoms with Crippen LogP contribution < -0.4 is 0 Å². The van der Waals surface area contributed by atoms with Crippen molar-refractivity contribution in [3.8, 4) is 12.3 Å². The first-order valence-corrected chi connectivity index (χ1v) is 7.92. The predicted molar refractivity (Wildman–Crippen MR) is 88.9 cm³/mol. The van der Waals surface area contributed by atoms with Gasteiger partial charge in [0.1, 0.15) is 0 Å². The molecule has 0 aromatic carbocycles. The van der Waals surface area contributed by atoms with E-state index in [4.69, 9.17) is 16.3 Å². The number of halogens is 3. The van der Waals surface area contributed by atoms with Crippen LogP contribution in [0.1, 0.15) is 47.5 Å². The number of amides is 1. The van der Waals surface area contributed by atoms with Crippen molar-refractivity contribution in [1.29, 1.82) is 0 Å². The average Bonchev–Trinajstić information content (AvgIpc) is 2.43. The number of hydrogen-bond acceptors (Lipinski definition) is 3. The Morgan fingerprint density at radius 1 is 1.24 bits per heavy atom. The molecule has 1 rings (SSSR count). The lowest BCUT2D eigenvalue weighted by Crippen LogP contribution is -2.58. The van der Waals surface area contributed by atoms with Crippen LogP contribution in [0.15, 0.2) is 0 Å². The van der Waals surface area contributed by atoms with E-state index >= 15 is 0 Å². The molecule has 1 fully saturated rings. The molecular formula is C17H27F3N2O3. The van der Waals surface area contributed by atoms with Crippen molar-refractivity contribution in [2.24, 2.45) is 0 Å². The van der Waals surface area contributed by atoms with E-state index in [0.29, 0.717) is 6.54 Å². The van der Waals surface area contributed by atoms with E-state index in [9.17, 15) is 18.0 Å². The third kappa shape index (κ3) is 7.34. The SMILES string of the molecule is C#CCN(C(C)=O)C1(C)CCN(C(C)(C)C)CC1.O=C(O)C(F)(F)F. The topological polar surface area (TPSA) is 60.9 Å². The van der Waals surface area contributed by atoms with Crippen LogP contribution in [0.4, 0.5) is 13.2 Å². The number of alkyl halides is 3. The number of hydrogen-bond donors (Lipinski definition) is 1. The number of carbonyl (C=O) groups is 2. The van der Waals surface area contributed by atoms with Gasteiger partial charge >= 0.3 is 12.1 Å². The van der Waals surface area contributed by atoms with Crippen LogP contribution in [0, 0.1) is 12.3 Å². The molecule has 0 radical (unpaired) electrons. The van der Waals surface area contributed by atoms with Crippen molar-refractivity contribution < 1.29 is 27.9 Å². The molecule has 0 spiro atoms. The van der Waals surface area contributed by atoms with E-state index in [-0.39, 0.29) is 17.0 Å². The highest BCUT2D eigenvalue weighted by Gasteiger charge is 2.39. The van der Waals surface area contributed by atoms with Gasteiger partial charge in [-0.2, -0.15) is 13.2 Å². The van der Waals surface area contributed by atoms with Gasteiger partial charge in [-0.15, -0.1) is 6.42 Å². The second kappa shape index (κ2) is 8.56. The minimum atomic E-state index is -5.08. The Hall–Kier alpha value is -1.75. The molecule has 1 heterocycles. The van der Waals surface area contributed by atoms with E-state index in [0.717, 1.165) is 25.9 Å². The van der Waals surface area contributed by atoms with Crippen LogP contribution in [-0.4, -0.2) is 63.7 Å². The van der Waals surface area contributed by atoms with Gasteiger partial charge in [0.05, 0.1) is 6.54 Å². The number of piperidine rings is 1. The Bertz CT molecular complexity index is 511. The molecule has 0 saturated carbocycles. The summed E-state index contributed by atoms with van der Waals surface area (Å²) in [6.07, 6.45) is 2.27. The molecular weight excluding hydrogens is 337 g/mol. The molecule has 5 nitrogen and oxygen atoms in total. The van der Waals surface area contributed by atoms with E-state index in [1.165, 1.54) is 0 Å². The third-order valence-electron chi connectivity index (χ3n) is 4.31. The van der Waals surface area contributed by atoms with Crippen molar-refractivity contribution >= 4 is 11.9 Å². The maximum Gasteiger partial charge on any atom is 0.490 e. The number of terminal acetylenes is 1. The van der Waals surface area contributed by atoms with E-state index in [2.05, 4.69) is 38.5 Å². The van der Waals surface area contributed by atoms with Gasteiger partial charge < -0.3 is 10.0 Å². The zero-order valence-corrected chi connectivity index (χ0v) is 15.4. The van der Waals surface area contributed by atoms with E-state index in [1.807, 2.05) is 4.90 Å². The van der Waals surface area contributed by atoms with Gasteiger partial charge in [0.25, 0.3) is 0 Å². The largest absolute Gasteiger partial charge is 0.490 e. The zero-order valence-electron chi connectivity index (χ0n) is 15.4. The van der Waals surface area contributed by atoms with Gasteiger partial charge in [-0.1, -0.05) is 5.92 Å².